The van der Waals surface area contributed by atoms with E-state index >= 15 is 0 Å². The standard InChI is InChI=1S/C11H18ClN3/c1-8-10(7-12)11(15(3)13-8)14(2)9-5-4-6-9/h9H,4-7H2,1-3H3. The number of anilines is 1. The Balaban J connectivity index is 2.32. The Kier molecular flexibility index (Phi) is 2.91. The molecule has 2 rings (SSSR count). The van der Waals surface area contributed by atoms with Gasteiger partial charge >= 0.3 is 0 Å². The number of aromatic nitrogens is 2. The van der Waals surface area contributed by atoms with Crippen LogP contribution in [-0.4, -0.2) is 22.9 Å². The molecule has 0 N–H and O–H groups in total. The zero-order valence-electron chi connectivity index (χ0n) is 9.63. The summed E-state index contributed by atoms with van der Waals surface area (Å²) in [6, 6.07) is 0.682. The topological polar surface area (TPSA) is 21.1 Å². The average Bonchev–Trinajstić information content (AvgIpc) is 2.37. The summed E-state index contributed by atoms with van der Waals surface area (Å²) in [5.74, 6) is 1.73. The lowest BCUT2D eigenvalue weighted by Gasteiger charge is -2.36. The molecule has 1 aromatic rings. The Morgan fingerprint density at radius 1 is 1.53 bits per heavy atom. The summed E-state index contributed by atoms with van der Waals surface area (Å²) in [6.45, 7) is 2.02. The van der Waals surface area contributed by atoms with Crippen LogP contribution in [0.5, 0.6) is 0 Å². The lowest BCUT2D eigenvalue weighted by atomic mass is 9.92. The van der Waals surface area contributed by atoms with E-state index in [-0.39, 0.29) is 0 Å². The van der Waals surface area contributed by atoms with Gasteiger partial charge in [0.05, 0.1) is 11.6 Å². The van der Waals surface area contributed by atoms with Crippen molar-refractivity contribution >= 4 is 17.4 Å². The molecule has 0 aliphatic heterocycles. The molecule has 0 unspecified atom stereocenters. The van der Waals surface area contributed by atoms with Crippen molar-refractivity contribution in [1.82, 2.24) is 9.78 Å². The second-order valence-corrected chi connectivity index (χ2v) is 4.61. The molecule has 1 fully saturated rings. The minimum absolute atomic E-state index is 0.548. The van der Waals surface area contributed by atoms with Gasteiger partial charge in [-0.2, -0.15) is 5.10 Å². The Morgan fingerprint density at radius 3 is 2.67 bits per heavy atom. The summed E-state index contributed by atoms with van der Waals surface area (Å²) >= 11 is 5.98. The van der Waals surface area contributed by atoms with Crippen LogP contribution in [0.3, 0.4) is 0 Å². The van der Waals surface area contributed by atoms with Gasteiger partial charge in [0.15, 0.2) is 0 Å². The second kappa shape index (κ2) is 4.05. The molecule has 15 heavy (non-hydrogen) atoms. The number of hydrogen-bond acceptors (Lipinski definition) is 2. The summed E-state index contributed by atoms with van der Waals surface area (Å²) in [7, 11) is 4.14. The SMILES string of the molecule is Cc1nn(C)c(N(C)C2CCC2)c1CCl. The van der Waals surface area contributed by atoms with E-state index in [4.69, 9.17) is 11.6 Å². The molecule has 0 saturated heterocycles. The molecule has 0 spiro atoms. The van der Waals surface area contributed by atoms with Gasteiger partial charge in [-0.3, -0.25) is 4.68 Å². The Hall–Kier alpha value is -0.700. The van der Waals surface area contributed by atoms with E-state index in [2.05, 4.69) is 17.0 Å². The first kappa shape index (κ1) is 10.8. The lowest BCUT2D eigenvalue weighted by Crippen LogP contribution is -2.38. The van der Waals surface area contributed by atoms with Gasteiger partial charge in [0.25, 0.3) is 0 Å². The smallest absolute Gasteiger partial charge is 0.131 e. The van der Waals surface area contributed by atoms with Crippen LogP contribution in [0.1, 0.15) is 30.5 Å². The van der Waals surface area contributed by atoms with Gasteiger partial charge in [-0.25, -0.2) is 0 Å². The summed E-state index contributed by atoms with van der Waals surface area (Å²) in [5.41, 5.74) is 2.22. The number of halogens is 1. The maximum absolute atomic E-state index is 5.98. The third-order valence-electron chi connectivity index (χ3n) is 3.40. The first-order chi connectivity index (χ1) is 7.15. The van der Waals surface area contributed by atoms with Crippen LogP contribution in [0.15, 0.2) is 0 Å². The van der Waals surface area contributed by atoms with Gasteiger partial charge in [-0.15, -0.1) is 11.6 Å². The molecule has 0 bridgehead atoms. The quantitative estimate of drug-likeness (QED) is 0.740. The van der Waals surface area contributed by atoms with Gasteiger partial charge in [-0.05, 0) is 26.2 Å². The highest BCUT2D eigenvalue weighted by molar-refractivity contribution is 6.17. The van der Waals surface area contributed by atoms with Crippen LogP contribution >= 0.6 is 11.6 Å². The minimum atomic E-state index is 0.548. The van der Waals surface area contributed by atoms with E-state index in [1.165, 1.54) is 30.6 Å². The van der Waals surface area contributed by atoms with Crippen molar-refractivity contribution in [2.24, 2.45) is 7.05 Å². The van der Waals surface area contributed by atoms with E-state index < -0.39 is 0 Å². The van der Waals surface area contributed by atoms with Crippen molar-refractivity contribution in [2.75, 3.05) is 11.9 Å². The van der Waals surface area contributed by atoms with Gasteiger partial charge in [0.1, 0.15) is 5.82 Å². The minimum Gasteiger partial charge on any atom is -0.357 e. The summed E-state index contributed by atoms with van der Waals surface area (Å²) in [4.78, 5) is 2.33. The molecule has 1 aliphatic carbocycles. The van der Waals surface area contributed by atoms with Crippen molar-refractivity contribution in [3.63, 3.8) is 0 Å². The molecule has 1 aliphatic rings. The van der Waals surface area contributed by atoms with Crippen molar-refractivity contribution in [2.45, 2.75) is 38.1 Å². The molecule has 0 radical (unpaired) electrons. The van der Waals surface area contributed by atoms with Crippen molar-refractivity contribution in [3.8, 4) is 0 Å². The molecule has 0 aromatic carbocycles. The van der Waals surface area contributed by atoms with Crippen LogP contribution in [0, 0.1) is 6.92 Å². The van der Waals surface area contributed by atoms with Crippen LogP contribution in [0.2, 0.25) is 0 Å². The van der Waals surface area contributed by atoms with Gasteiger partial charge in [0.2, 0.25) is 0 Å². The molecule has 0 amide bonds. The summed E-state index contributed by atoms with van der Waals surface area (Å²) < 4.78 is 1.95. The Labute approximate surface area is 96.0 Å². The zero-order valence-corrected chi connectivity index (χ0v) is 10.4. The highest BCUT2D eigenvalue weighted by atomic mass is 35.5. The summed E-state index contributed by atoms with van der Waals surface area (Å²) in [6.07, 6.45) is 3.94. The third-order valence-corrected chi connectivity index (χ3v) is 3.67. The number of alkyl halides is 1. The number of hydrogen-bond donors (Lipinski definition) is 0. The predicted molar refractivity (Wildman–Crippen MR) is 63.5 cm³/mol. The first-order valence-corrected chi connectivity index (χ1v) is 6.00. The van der Waals surface area contributed by atoms with E-state index in [1.54, 1.807) is 0 Å². The number of rotatable bonds is 3. The fourth-order valence-corrected chi connectivity index (χ4v) is 2.55. The van der Waals surface area contributed by atoms with Crippen LogP contribution in [0.4, 0.5) is 5.82 Å². The largest absolute Gasteiger partial charge is 0.357 e. The predicted octanol–water partition coefficient (Wildman–Crippen LogP) is 2.46. The molecule has 3 nitrogen and oxygen atoms in total. The molecular weight excluding hydrogens is 210 g/mol. The second-order valence-electron chi connectivity index (χ2n) is 4.34. The maximum Gasteiger partial charge on any atom is 0.131 e. The maximum atomic E-state index is 5.98. The van der Waals surface area contributed by atoms with Crippen LogP contribution < -0.4 is 4.90 Å². The van der Waals surface area contributed by atoms with E-state index in [1.807, 2.05) is 18.7 Å². The fourth-order valence-electron chi connectivity index (χ4n) is 2.23. The van der Waals surface area contributed by atoms with Crippen LogP contribution in [0.25, 0.3) is 0 Å². The molecule has 0 atom stereocenters. The Bertz CT molecular complexity index is 355. The number of nitrogens with zero attached hydrogens (tertiary/aromatic N) is 3. The van der Waals surface area contributed by atoms with Crippen molar-refractivity contribution in [1.29, 1.82) is 0 Å². The Morgan fingerprint density at radius 2 is 2.20 bits per heavy atom. The van der Waals surface area contributed by atoms with Gasteiger partial charge in [-0.1, -0.05) is 0 Å². The van der Waals surface area contributed by atoms with E-state index in [0.29, 0.717) is 11.9 Å². The number of aryl methyl sites for hydroxylation is 2. The monoisotopic (exact) mass is 227 g/mol. The molecule has 1 saturated carbocycles. The average molecular weight is 228 g/mol. The summed E-state index contributed by atoms with van der Waals surface area (Å²) in [5, 5.41) is 4.43. The van der Waals surface area contributed by atoms with Crippen molar-refractivity contribution < 1.29 is 0 Å². The highest BCUT2D eigenvalue weighted by Gasteiger charge is 2.26. The van der Waals surface area contributed by atoms with Gasteiger partial charge in [0, 0.05) is 25.7 Å². The molecule has 84 valence electrons. The highest BCUT2D eigenvalue weighted by Crippen LogP contribution is 2.31. The zero-order chi connectivity index (χ0) is 11.0. The van der Waals surface area contributed by atoms with E-state index in [9.17, 15) is 0 Å². The van der Waals surface area contributed by atoms with Crippen LogP contribution in [-0.2, 0) is 12.9 Å². The van der Waals surface area contributed by atoms with E-state index in [0.717, 1.165) is 5.69 Å². The molecule has 1 heterocycles. The molecular formula is C11H18ClN3. The van der Waals surface area contributed by atoms with Gasteiger partial charge < -0.3 is 4.90 Å². The first-order valence-electron chi connectivity index (χ1n) is 5.46. The molecule has 1 aromatic heterocycles. The lowest BCUT2D eigenvalue weighted by molar-refractivity contribution is 0.396. The fraction of sp³-hybridized carbons (Fsp3) is 0.727. The van der Waals surface area contributed by atoms with Crippen molar-refractivity contribution in [3.05, 3.63) is 11.3 Å². The normalized spacial score (nSPS) is 16.5. The molecule has 4 heteroatoms. The third kappa shape index (κ3) is 1.73.